The summed E-state index contributed by atoms with van der Waals surface area (Å²) >= 11 is 0. The van der Waals surface area contributed by atoms with Crippen molar-refractivity contribution in [3.05, 3.63) is 18.6 Å². The number of imidazole rings is 1. The molecule has 0 bridgehead atoms. The van der Waals surface area contributed by atoms with Gasteiger partial charge in [0.15, 0.2) is 11.5 Å². The lowest BCUT2D eigenvalue weighted by molar-refractivity contribution is 0.116. The maximum atomic E-state index is 10.1. The van der Waals surface area contributed by atoms with E-state index in [4.69, 9.17) is 0 Å². The molecule has 1 aliphatic rings. The summed E-state index contributed by atoms with van der Waals surface area (Å²) in [4.78, 5) is 8.98. The van der Waals surface area contributed by atoms with Gasteiger partial charge < -0.3 is 20.1 Å². The van der Waals surface area contributed by atoms with Crippen LogP contribution in [-0.4, -0.2) is 38.2 Å². The van der Waals surface area contributed by atoms with Gasteiger partial charge in [0.2, 0.25) is 0 Å². The molecule has 2 aromatic heterocycles. The molecule has 21 heavy (non-hydrogen) atoms. The van der Waals surface area contributed by atoms with Crippen molar-refractivity contribution in [2.45, 2.75) is 51.2 Å². The van der Waals surface area contributed by atoms with Crippen LogP contribution in [0.25, 0.3) is 5.65 Å². The molecule has 2 aromatic rings. The fourth-order valence-electron chi connectivity index (χ4n) is 2.82. The van der Waals surface area contributed by atoms with Crippen molar-refractivity contribution in [3.8, 4) is 0 Å². The third-order valence-electron chi connectivity index (χ3n) is 3.98. The van der Waals surface area contributed by atoms with Crippen LogP contribution >= 0.6 is 0 Å². The average molecular weight is 289 g/mol. The minimum absolute atomic E-state index is 0.0631. The van der Waals surface area contributed by atoms with Gasteiger partial charge in [-0.15, -0.1) is 0 Å². The third-order valence-corrected chi connectivity index (χ3v) is 3.98. The van der Waals surface area contributed by atoms with Crippen molar-refractivity contribution in [2.24, 2.45) is 0 Å². The molecule has 114 valence electrons. The summed E-state index contributed by atoms with van der Waals surface area (Å²) in [5.41, 5.74) is 0.801. The number of nitrogens with one attached hydrogen (secondary N) is 2. The molecule has 2 unspecified atom stereocenters. The Kier molecular flexibility index (Phi) is 4.24. The van der Waals surface area contributed by atoms with Gasteiger partial charge in [-0.3, -0.25) is 0 Å². The smallest absolute Gasteiger partial charge is 0.180 e. The van der Waals surface area contributed by atoms with Crippen LogP contribution in [0, 0.1) is 0 Å². The van der Waals surface area contributed by atoms with Crippen molar-refractivity contribution in [2.75, 3.05) is 17.2 Å². The van der Waals surface area contributed by atoms with Crippen LogP contribution in [-0.2, 0) is 0 Å². The molecule has 0 radical (unpaired) electrons. The Morgan fingerprint density at radius 3 is 3.05 bits per heavy atom. The maximum Gasteiger partial charge on any atom is 0.180 e. The SMILES string of the molecule is CCCNc1cn2ccnc2c(NC2CCCCC2O)n1. The molecule has 3 rings (SSSR count). The van der Waals surface area contributed by atoms with Gasteiger partial charge in [-0.1, -0.05) is 19.8 Å². The maximum absolute atomic E-state index is 10.1. The first-order valence-electron chi connectivity index (χ1n) is 7.80. The molecule has 0 saturated heterocycles. The highest BCUT2D eigenvalue weighted by atomic mass is 16.3. The molecule has 0 spiro atoms. The molecule has 0 aromatic carbocycles. The normalized spacial score (nSPS) is 22.4. The van der Waals surface area contributed by atoms with E-state index in [1.807, 2.05) is 16.8 Å². The molecular weight excluding hydrogens is 266 g/mol. The van der Waals surface area contributed by atoms with Crippen LogP contribution in [0.5, 0.6) is 0 Å². The molecule has 1 aliphatic carbocycles. The minimum Gasteiger partial charge on any atom is -0.391 e. The lowest BCUT2D eigenvalue weighted by atomic mass is 9.93. The molecule has 6 nitrogen and oxygen atoms in total. The second-order valence-corrected chi connectivity index (χ2v) is 5.66. The van der Waals surface area contributed by atoms with Gasteiger partial charge in [0, 0.05) is 18.9 Å². The zero-order chi connectivity index (χ0) is 14.7. The van der Waals surface area contributed by atoms with Gasteiger partial charge in [0.1, 0.15) is 5.82 Å². The summed E-state index contributed by atoms with van der Waals surface area (Å²) in [6.45, 7) is 3.01. The summed E-state index contributed by atoms with van der Waals surface area (Å²) in [5.74, 6) is 1.57. The van der Waals surface area contributed by atoms with Crippen molar-refractivity contribution in [3.63, 3.8) is 0 Å². The first kappa shape index (κ1) is 14.1. The Balaban J connectivity index is 1.86. The van der Waals surface area contributed by atoms with Gasteiger partial charge in [0.25, 0.3) is 0 Å². The highest BCUT2D eigenvalue weighted by Crippen LogP contribution is 2.24. The lowest BCUT2D eigenvalue weighted by Crippen LogP contribution is -2.36. The first-order chi connectivity index (χ1) is 10.3. The Labute approximate surface area is 124 Å². The molecule has 2 heterocycles. The number of aliphatic hydroxyl groups excluding tert-OH is 1. The molecule has 1 saturated carbocycles. The average Bonchev–Trinajstić information content (AvgIpc) is 2.96. The van der Waals surface area contributed by atoms with Crippen molar-refractivity contribution in [1.29, 1.82) is 0 Å². The van der Waals surface area contributed by atoms with Crippen LogP contribution in [0.4, 0.5) is 11.6 Å². The van der Waals surface area contributed by atoms with Crippen LogP contribution in [0.15, 0.2) is 18.6 Å². The Hall–Kier alpha value is -1.82. The number of anilines is 2. The van der Waals surface area contributed by atoms with Crippen LogP contribution < -0.4 is 10.6 Å². The molecule has 6 heteroatoms. The number of rotatable bonds is 5. The van der Waals surface area contributed by atoms with Crippen LogP contribution in [0.3, 0.4) is 0 Å². The van der Waals surface area contributed by atoms with E-state index in [2.05, 4.69) is 27.5 Å². The predicted octanol–water partition coefficient (Wildman–Crippen LogP) is 2.27. The van der Waals surface area contributed by atoms with E-state index in [1.54, 1.807) is 6.20 Å². The van der Waals surface area contributed by atoms with E-state index in [-0.39, 0.29) is 12.1 Å². The van der Waals surface area contributed by atoms with Crippen molar-refractivity contribution in [1.82, 2.24) is 14.4 Å². The number of hydrogen-bond donors (Lipinski definition) is 3. The lowest BCUT2D eigenvalue weighted by Gasteiger charge is -2.28. The van der Waals surface area contributed by atoms with Crippen molar-refractivity contribution < 1.29 is 5.11 Å². The fraction of sp³-hybridized carbons (Fsp3) is 0.600. The topological polar surface area (TPSA) is 74.5 Å². The highest BCUT2D eigenvalue weighted by molar-refractivity contribution is 5.65. The van der Waals surface area contributed by atoms with E-state index in [0.717, 1.165) is 55.9 Å². The number of aliphatic hydroxyl groups is 1. The van der Waals surface area contributed by atoms with E-state index >= 15 is 0 Å². The van der Waals surface area contributed by atoms with E-state index in [1.165, 1.54) is 0 Å². The Morgan fingerprint density at radius 2 is 2.24 bits per heavy atom. The molecular formula is C15H23N5O. The quantitative estimate of drug-likeness (QED) is 0.787. The van der Waals surface area contributed by atoms with Crippen LogP contribution in [0.2, 0.25) is 0 Å². The predicted molar refractivity (Wildman–Crippen MR) is 83.7 cm³/mol. The fourth-order valence-corrected chi connectivity index (χ4v) is 2.82. The second kappa shape index (κ2) is 6.30. The number of aromatic nitrogens is 3. The van der Waals surface area contributed by atoms with Gasteiger partial charge in [-0.25, -0.2) is 9.97 Å². The zero-order valence-electron chi connectivity index (χ0n) is 12.4. The minimum atomic E-state index is -0.303. The Morgan fingerprint density at radius 1 is 1.38 bits per heavy atom. The largest absolute Gasteiger partial charge is 0.391 e. The highest BCUT2D eigenvalue weighted by Gasteiger charge is 2.24. The summed E-state index contributed by atoms with van der Waals surface area (Å²) in [6, 6.07) is 0.0631. The van der Waals surface area contributed by atoms with Gasteiger partial charge in [0.05, 0.1) is 18.3 Å². The van der Waals surface area contributed by atoms with E-state index < -0.39 is 0 Å². The summed E-state index contributed by atoms with van der Waals surface area (Å²) < 4.78 is 1.96. The van der Waals surface area contributed by atoms with E-state index in [0.29, 0.717) is 0 Å². The summed E-state index contributed by atoms with van der Waals surface area (Å²) in [5, 5.41) is 16.8. The molecule has 3 N–H and O–H groups in total. The van der Waals surface area contributed by atoms with Gasteiger partial charge in [-0.2, -0.15) is 0 Å². The van der Waals surface area contributed by atoms with Crippen LogP contribution in [0.1, 0.15) is 39.0 Å². The summed E-state index contributed by atoms with van der Waals surface area (Å²) in [7, 11) is 0. The molecule has 0 amide bonds. The number of fused-ring (bicyclic) bond motifs is 1. The third kappa shape index (κ3) is 3.10. The molecule has 2 atom stereocenters. The summed E-state index contributed by atoms with van der Waals surface area (Å²) in [6.07, 6.45) is 10.5. The molecule has 0 aliphatic heterocycles. The van der Waals surface area contributed by atoms with Crippen molar-refractivity contribution >= 4 is 17.3 Å². The monoisotopic (exact) mass is 289 g/mol. The van der Waals surface area contributed by atoms with Gasteiger partial charge >= 0.3 is 0 Å². The zero-order valence-corrected chi connectivity index (χ0v) is 12.4. The number of nitrogens with zero attached hydrogens (tertiary/aromatic N) is 3. The van der Waals surface area contributed by atoms with E-state index in [9.17, 15) is 5.11 Å². The van der Waals surface area contributed by atoms with Gasteiger partial charge in [-0.05, 0) is 19.3 Å². The standard InChI is InChI=1S/C15H23N5O/c1-2-7-16-13-10-20-9-8-17-15(20)14(19-13)18-11-5-3-4-6-12(11)21/h8-12,16,21H,2-7H2,1H3,(H,18,19). The Bertz CT molecular complexity index is 597. The first-order valence-corrected chi connectivity index (χ1v) is 7.80. The molecule has 1 fully saturated rings. The number of hydrogen-bond acceptors (Lipinski definition) is 5. The second-order valence-electron chi connectivity index (χ2n) is 5.66.